The molecular weight excluding hydrogens is 352 g/mol. The topological polar surface area (TPSA) is 87.0 Å². The van der Waals surface area contributed by atoms with Crippen molar-refractivity contribution in [3.05, 3.63) is 83.6 Å². The number of pyridine rings is 1. The Balaban J connectivity index is 1.50. The van der Waals surface area contributed by atoms with Crippen molar-refractivity contribution in [2.24, 2.45) is 0 Å². The fourth-order valence-corrected chi connectivity index (χ4v) is 2.59. The number of amides is 1. The second kappa shape index (κ2) is 9.19. The third-order valence-electron chi connectivity index (χ3n) is 4.18. The molecule has 1 aromatic heterocycles. The first kappa shape index (κ1) is 18.9. The number of hydrogen-bond acceptors (Lipinski definition) is 5. The Hall–Kier alpha value is -3.85. The molecule has 0 aliphatic carbocycles. The molecule has 6 nitrogen and oxygen atoms in total. The van der Waals surface area contributed by atoms with Gasteiger partial charge in [-0.3, -0.25) is 4.79 Å². The van der Waals surface area contributed by atoms with Crippen molar-refractivity contribution < 1.29 is 9.53 Å². The molecule has 0 atom stereocenters. The van der Waals surface area contributed by atoms with E-state index in [1.807, 2.05) is 30.3 Å². The summed E-state index contributed by atoms with van der Waals surface area (Å²) >= 11 is 0. The van der Waals surface area contributed by atoms with Gasteiger partial charge in [0.25, 0.3) is 5.91 Å². The van der Waals surface area contributed by atoms with Crippen molar-refractivity contribution in [2.75, 3.05) is 24.3 Å². The van der Waals surface area contributed by atoms with Gasteiger partial charge < -0.3 is 15.4 Å². The van der Waals surface area contributed by atoms with Crippen LogP contribution in [-0.2, 0) is 6.42 Å². The van der Waals surface area contributed by atoms with Crippen molar-refractivity contribution in [1.29, 1.82) is 5.26 Å². The van der Waals surface area contributed by atoms with E-state index in [9.17, 15) is 4.79 Å². The zero-order chi connectivity index (χ0) is 19.8. The SMILES string of the molecule is COc1ccc(CCNc2ccc(C(=O)Nc3ccc(C#N)cc3)cn2)cc1. The van der Waals surface area contributed by atoms with Gasteiger partial charge in [-0.1, -0.05) is 12.1 Å². The average molecular weight is 372 g/mol. The molecule has 1 amide bonds. The van der Waals surface area contributed by atoms with Crippen LogP contribution in [-0.4, -0.2) is 24.5 Å². The molecule has 0 bridgehead atoms. The van der Waals surface area contributed by atoms with E-state index in [4.69, 9.17) is 10.00 Å². The number of ether oxygens (including phenoxy) is 1. The molecule has 0 spiro atoms. The van der Waals surface area contributed by atoms with Crippen molar-refractivity contribution in [3.8, 4) is 11.8 Å². The monoisotopic (exact) mass is 372 g/mol. The van der Waals surface area contributed by atoms with Gasteiger partial charge in [-0.05, 0) is 60.5 Å². The summed E-state index contributed by atoms with van der Waals surface area (Å²) < 4.78 is 5.15. The second-order valence-corrected chi connectivity index (χ2v) is 6.10. The minimum atomic E-state index is -0.248. The quantitative estimate of drug-likeness (QED) is 0.657. The third kappa shape index (κ3) is 5.08. The van der Waals surface area contributed by atoms with E-state index in [0.29, 0.717) is 22.6 Å². The van der Waals surface area contributed by atoms with Crippen molar-refractivity contribution >= 4 is 17.4 Å². The van der Waals surface area contributed by atoms with Crippen LogP contribution in [0.5, 0.6) is 5.75 Å². The second-order valence-electron chi connectivity index (χ2n) is 6.10. The number of anilines is 2. The van der Waals surface area contributed by atoms with Crippen molar-refractivity contribution in [1.82, 2.24) is 4.98 Å². The van der Waals surface area contributed by atoms with Crippen LogP contribution in [0.1, 0.15) is 21.5 Å². The molecule has 3 aromatic rings. The number of hydrogen-bond donors (Lipinski definition) is 2. The summed E-state index contributed by atoms with van der Waals surface area (Å²) in [5.41, 5.74) is 2.84. The van der Waals surface area contributed by atoms with E-state index in [2.05, 4.69) is 15.6 Å². The Morgan fingerprint density at radius 3 is 2.43 bits per heavy atom. The van der Waals surface area contributed by atoms with Crippen LogP contribution < -0.4 is 15.4 Å². The molecule has 0 saturated heterocycles. The maximum Gasteiger partial charge on any atom is 0.257 e. The number of carbonyl (C=O) groups is 1. The lowest BCUT2D eigenvalue weighted by molar-refractivity contribution is 0.102. The van der Waals surface area contributed by atoms with Gasteiger partial charge in [0.1, 0.15) is 11.6 Å². The predicted octanol–water partition coefficient (Wildman–Crippen LogP) is 3.87. The molecule has 2 N–H and O–H groups in total. The Bertz CT molecular complexity index is 959. The number of rotatable bonds is 7. The summed E-state index contributed by atoms with van der Waals surface area (Å²) in [6, 6.07) is 20.2. The van der Waals surface area contributed by atoms with E-state index in [-0.39, 0.29) is 5.91 Å². The summed E-state index contributed by atoms with van der Waals surface area (Å²) in [6.07, 6.45) is 2.39. The van der Waals surface area contributed by atoms with Crippen LogP contribution in [0.15, 0.2) is 66.9 Å². The highest BCUT2D eigenvalue weighted by molar-refractivity contribution is 6.04. The first-order chi connectivity index (χ1) is 13.7. The standard InChI is InChI=1S/C22H20N4O2/c1-28-20-9-4-16(5-10-20)12-13-24-21-11-6-18(15-25-21)22(27)26-19-7-2-17(14-23)3-8-19/h2-11,15H,12-13H2,1H3,(H,24,25)(H,26,27). The molecule has 0 unspecified atom stereocenters. The first-order valence-electron chi connectivity index (χ1n) is 8.82. The number of nitrogens with one attached hydrogen (secondary N) is 2. The van der Waals surface area contributed by atoms with Crippen LogP contribution in [0.25, 0.3) is 0 Å². The molecule has 0 aliphatic heterocycles. The predicted molar refractivity (Wildman–Crippen MR) is 109 cm³/mol. The number of benzene rings is 2. The molecule has 0 saturated carbocycles. The number of aromatic nitrogens is 1. The molecule has 6 heteroatoms. The van der Waals surface area contributed by atoms with Gasteiger partial charge >= 0.3 is 0 Å². The average Bonchev–Trinajstić information content (AvgIpc) is 2.75. The Morgan fingerprint density at radius 2 is 1.82 bits per heavy atom. The van der Waals surface area contributed by atoms with Gasteiger partial charge in [0.15, 0.2) is 0 Å². The van der Waals surface area contributed by atoms with Crippen molar-refractivity contribution in [3.63, 3.8) is 0 Å². The summed E-state index contributed by atoms with van der Waals surface area (Å²) in [5, 5.41) is 14.8. The molecule has 0 radical (unpaired) electrons. The molecular formula is C22H20N4O2. The normalized spacial score (nSPS) is 10.0. The van der Waals surface area contributed by atoms with E-state index in [1.54, 1.807) is 43.5 Å². The van der Waals surface area contributed by atoms with Crippen molar-refractivity contribution in [2.45, 2.75) is 6.42 Å². The van der Waals surface area contributed by atoms with Crippen LogP contribution >= 0.6 is 0 Å². The van der Waals surface area contributed by atoms with E-state index in [0.717, 1.165) is 18.7 Å². The van der Waals surface area contributed by atoms with Crippen LogP contribution in [0.2, 0.25) is 0 Å². The highest BCUT2D eigenvalue weighted by Gasteiger charge is 2.07. The number of nitrogens with zero attached hydrogens (tertiary/aromatic N) is 2. The molecule has 140 valence electrons. The van der Waals surface area contributed by atoms with E-state index in [1.165, 1.54) is 11.8 Å². The largest absolute Gasteiger partial charge is 0.497 e. The minimum absolute atomic E-state index is 0.248. The lowest BCUT2D eigenvalue weighted by atomic mass is 10.1. The van der Waals surface area contributed by atoms with Gasteiger partial charge in [0.05, 0.1) is 24.3 Å². The zero-order valence-electron chi connectivity index (χ0n) is 15.5. The minimum Gasteiger partial charge on any atom is -0.497 e. The lowest BCUT2D eigenvalue weighted by Crippen LogP contribution is -2.13. The summed E-state index contributed by atoms with van der Waals surface area (Å²) in [4.78, 5) is 16.6. The van der Waals surface area contributed by atoms with Gasteiger partial charge in [0, 0.05) is 18.4 Å². The summed E-state index contributed by atoms with van der Waals surface area (Å²) in [6.45, 7) is 0.732. The first-order valence-corrected chi connectivity index (χ1v) is 8.82. The highest BCUT2D eigenvalue weighted by Crippen LogP contribution is 2.13. The number of carbonyl (C=O) groups excluding carboxylic acids is 1. The zero-order valence-corrected chi connectivity index (χ0v) is 15.5. The van der Waals surface area contributed by atoms with Crippen LogP contribution in [0.3, 0.4) is 0 Å². The molecule has 1 heterocycles. The lowest BCUT2D eigenvalue weighted by Gasteiger charge is -2.08. The Labute approximate surface area is 163 Å². The Kier molecular flexibility index (Phi) is 6.21. The van der Waals surface area contributed by atoms with Crippen LogP contribution in [0, 0.1) is 11.3 Å². The fourth-order valence-electron chi connectivity index (χ4n) is 2.59. The molecule has 3 rings (SSSR count). The number of methoxy groups -OCH3 is 1. The fraction of sp³-hybridized carbons (Fsp3) is 0.136. The summed E-state index contributed by atoms with van der Waals surface area (Å²) in [7, 11) is 1.65. The maximum atomic E-state index is 12.3. The smallest absolute Gasteiger partial charge is 0.257 e. The molecule has 2 aromatic carbocycles. The maximum absolute atomic E-state index is 12.3. The Morgan fingerprint density at radius 1 is 1.07 bits per heavy atom. The molecule has 0 aliphatic rings. The highest BCUT2D eigenvalue weighted by atomic mass is 16.5. The van der Waals surface area contributed by atoms with Gasteiger partial charge in [0.2, 0.25) is 0 Å². The van der Waals surface area contributed by atoms with Crippen LogP contribution in [0.4, 0.5) is 11.5 Å². The third-order valence-corrected chi connectivity index (χ3v) is 4.18. The van der Waals surface area contributed by atoms with Gasteiger partial charge in [-0.25, -0.2) is 4.98 Å². The van der Waals surface area contributed by atoms with E-state index >= 15 is 0 Å². The molecule has 28 heavy (non-hydrogen) atoms. The van der Waals surface area contributed by atoms with Gasteiger partial charge in [-0.15, -0.1) is 0 Å². The number of nitriles is 1. The van der Waals surface area contributed by atoms with E-state index < -0.39 is 0 Å². The molecule has 0 fully saturated rings. The summed E-state index contributed by atoms with van der Waals surface area (Å²) in [5.74, 6) is 1.30. The van der Waals surface area contributed by atoms with Gasteiger partial charge in [-0.2, -0.15) is 5.26 Å².